The third-order valence-electron chi connectivity index (χ3n) is 2.42. The van der Waals surface area contributed by atoms with Crippen LogP contribution in [0, 0.1) is 0 Å². The largest absolute Gasteiger partial charge is 0.388 e. The van der Waals surface area contributed by atoms with Gasteiger partial charge in [0.05, 0.1) is 12.3 Å². The quantitative estimate of drug-likeness (QED) is 0.900. The summed E-state index contributed by atoms with van der Waals surface area (Å²) >= 11 is 1.52. The number of nitrogens with zero attached hydrogens (tertiary/aromatic N) is 2. The first-order chi connectivity index (χ1) is 8.31. The van der Waals surface area contributed by atoms with Gasteiger partial charge >= 0.3 is 0 Å². The Morgan fingerprint density at radius 2 is 2.12 bits per heavy atom. The Kier molecular flexibility index (Phi) is 4.12. The molecule has 0 saturated heterocycles. The predicted octanol–water partition coefficient (Wildman–Crippen LogP) is 3.07. The van der Waals surface area contributed by atoms with Crippen LogP contribution < -0.4 is 0 Å². The van der Waals surface area contributed by atoms with Crippen LogP contribution in [0.2, 0.25) is 0 Å². The van der Waals surface area contributed by atoms with Gasteiger partial charge in [-0.15, -0.1) is 0 Å². The van der Waals surface area contributed by atoms with Crippen LogP contribution in [-0.4, -0.2) is 15.1 Å². The van der Waals surface area contributed by atoms with Gasteiger partial charge in [-0.1, -0.05) is 36.9 Å². The van der Waals surface area contributed by atoms with Gasteiger partial charge in [0, 0.05) is 17.3 Å². The molecule has 0 amide bonds. The summed E-state index contributed by atoms with van der Waals surface area (Å²) < 4.78 is 0. The fraction of sp³-hybridized carbons (Fsp3) is 0.231. The Morgan fingerprint density at radius 3 is 2.82 bits per heavy atom. The molecular formula is C13H14N2OS. The number of benzene rings is 1. The molecule has 1 aromatic carbocycles. The molecule has 0 aliphatic carbocycles. The molecule has 1 heterocycles. The lowest BCUT2D eigenvalue weighted by Gasteiger charge is -2.12. The van der Waals surface area contributed by atoms with E-state index in [4.69, 9.17) is 0 Å². The molecule has 1 N–H and O–H groups in total. The number of aliphatic hydroxyl groups is 1. The van der Waals surface area contributed by atoms with Crippen LogP contribution in [0.25, 0.3) is 0 Å². The zero-order valence-corrected chi connectivity index (χ0v) is 10.4. The SMILES string of the molecule is CC[C@@H](O)c1ccccc1Sc1cnccn1. The van der Waals surface area contributed by atoms with Gasteiger partial charge in [-0.3, -0.25) is 4.98 Å². The molecule has 1 aromatic heterocycles. The van der Waals surface area contributed by atoms with E-state index in [1.165, 1.54) is 11.8 Å². The topological polar surface area (TPSA) is 46.0 Å². The van der Waals surface area contributed by atoms with E-state index in [1.54, 1.807) is 18.6 Å². The number of hydrogen-bond acceptors (Lipinski definition) is 4. The molecule has 3 nitrogen and oxygen atoms in total. The number of aromatic nitrogens is 2. The number of hydrogen-bond donors (Lipinski definition) is 1. The Bertz CT molecular complexity index is 476. The number of rotatable bonds is 4. The van der Waals surface area contributed by atoms with E-state index in [9.17, 15) is 5.11 Å². The van der Waals surface area contributed by atoms with E-state index in [2.05, 4.69) is 9.97 Å². The van der Waals surface area contributed by atoms with Gasteiger partial charge in [0.15, 0.2) is 0 Å². The van der Waals surface area contributed by atoms with Crippen LogP contribution in [0.1, 0.15) is 25.0 Å². The van der Waals surface area contributed by atoms with Crippen LogP contribution in [0.3, 0.4) is 0 Å². The summed E-state index contributed by atoms with van der Waals surface area (Å²) in [4.78, 5) is 9.28. The summed E-state index contributed by atoms with van der Waals surface area (Å²) in [6.45, 7) is 1.97. The van der Waals surface area contributed by atoms with Crippen molar-refractivity contribution in [3.05, 3.63) is 48.4 Å². The first-order valence-corrected chi connectivity index (χ1v) is 6.33. The Morgan fingerprint density at radius 1 is 1.29 bits per heavy atom. The third-order valence-corrected chi connectivity index (χ3v) is 3.43. The maximum atomic E-state index is 9.94. The third kappa shape index (κ3) is 3.05. The van der Waals surface area contributed by atoms with Crippen LogP contribution in [-0.2, 0) is 0 Å². The van der Waals surface area contributed by atoms with Crippen molar-refractivity contribution in [1.82, 2.24) is 9.97 Å². The molecule has 0 radical (unpaired) electrons. The highest BCUT2D eigenvalue weighted by molar-refractivity contribution is 7.99. The lowest BCUT2D eigenvalue weighted by atomic mass is 10.1. The average Bonchev–Trinajstić information content (AvgIpc) is 2.40. The molecule has 0 spiro atoms. The van der Waals surface area contributed by atoms with Gasteiger partial charge in [-0.25, -0.2) is 4.98 Å². The molecule has 0 saturated carbocycles. The van der Waals surface area contributed by atoms with E-state index in [0.717, 1.165) is 15.5 Å². The van der Waals surface area contributed by atoms with Crippen molar-refractivity contribution in [2.24, 2.45) is 0 Å². The predicted molar refractivity (Wildman–Crippen MR) is 67.8 cm³/mol. The molecular weight excluding hydrogens is 232 g/mol. The van der Waals surface area contributed by atoms with E-state index in [1.807, 2.05) is 31.2 Å². The van der Waals surface area contributed by atoms with Crippen molar-refractivity contribution in [3.8, 4) is 0 Å². The zero-order chi connectivity index (χ0) is 12.1. The molecule has 1 atom stereocenters. The second-order valence-corrected chi connectivity index (χ2v) is 4.67. The van der Waals surface area contributed by atoms with Crippen LogP contribution in [0.4, 0.5) is 0 Å². The van der Waals surface area contributed by atoms with Crippen molar-refractivity contribution < 1.29 is 5.11 Å². The summed E-state index contributed by atoms with van der Waals surface area (Å²) in [5, 5.41) is 10.8. The second-order valence-electron chi connectivity index (χ2n) is 3.61. The molecule has 0 bridgehead atoms. The average molecular weight is 246 g/mol. The fourth-order valence-corrected chi connectivity index (χ4v) is 2.44. The molecule has 17 heavy (non-hydrogen) atoms. The van der Waals surface area contributed by atoms with Crippen molar-refractivity contribution in [2.75, 3.05) is 0 Å². The molecule has 2 aromatic rings. The van der Waals surface area contributed by atoms with E-state index < -0.39 is 6.10 Å². The summed E-state index contributed by atoms with van der Waals surface area (Å²) in [7, 11) is 0. The smallest absolute Gasteiger partial charge is 0.119 e. The van der Waals surface area contributed by atoms with Gasteiger partial charge in [-0.05, 0) is 18.1 Å². The summed E-state index contributed by atoms with van der Waals surface area (Å²) in [5.74, 6) is 0. The first kappa shape index (κ1) is 12.1. The van der Waals surface area contributed by atoms with Gasteiger partial charge in [0.25, 0.3) is 0 Å². The normalized spacial score (nSPS) is 12.4. The van der Waals surface area contributed by atoms with Gasteiger partial charge < -0.3 is 5.11 Å². The Balaban J connectivity index is 2.27. The minimum Gasteiger partial charge on any atom is -0.388 e. The van der Waals surface area contributed by atoms with Crippen LogP contribution in [0.5, 0.6) is 0 Å². The van der Waals surface area contributed by atoms with E-state index >= 15 is 0 Å². The van der Waals surface area contributed by atoms with Crippen molar-refractivity contribution in [1.29, 1.82) is 0 Å². The molecule has 4 heteroatoms. The van der Waals surface area contributed by atoms with Crippen molar-refractivity contribution >= 4 is 11.8 Å². The highest BCUT2D eigenvalue weighted by Gasteiger charge is 2.11. The maximum Gasteiger partial charge on any atom is 0.119 e. The van der Waals surface area contributed by atoms with Crippen LogP contribution in [0.15, 0.2) is 52.8 Å². The summed E-state index contributed by atoms with van der Waals surface area (Å²) in [6, 6.07) is 7.85. The first-order valence-electron chi connectivity index (χ1n) is 5.52. The summed E-state index contributed by atoms with van der Waals surface area (Å²) in [6.07, 6.45) is 5.32. The Hall–Kier alpha value is -1.39. The maximum absolute atomic E-state index is 9.94. The van der Waals surface area contributed by atoms with Gasteiger partial charge in [0.1, 0.15) is 5.03 Å². The van der Waals surface area contributed by atoms with Crippen LogP contribution >= 0.6 is 11.8 Å². The fourth-order valence-electron chi connectivity index (χ4n) is 1.52. The van der Waals surface area contributed by atoms with Crippen molar-refractivity contribution in [2.45, 2.75) is 29.4 Å². The van der Waals surface area contributed by atoms with E-state index in [0.29, 0.717) is 6.42 Å². The zero-order valence-electron chi connectivity index (χ0n) is 9.58. The molecule has 0 unspecified atom stereocenters. The Labute approximate surface area is 105 Å². The standard InChI is InChI=1S/C13H14N2OS/c1-2-11(16)10-5-3-4-6-12(10)17-13-9-14-7-8-15-13/h3-9,11,16H,2H2,1H3/t11-/m1/s1. The monoisotopic (exact) mass is 246 g/mol. The van der Waals surface area contributed by atoms with Gasteiger partial charge in [-0.2, -0.15) is 0 Å². The molecule has 0 fully saturated rings. The second kappa shape index (κ2) is 5.80. The van der Waals surface area contributed by atoms with Crippen molar-refractivity contribution in [3.63, 3.8) is 0 Å². The molecule has 88 valence electrons. The molecule has 2 rings (SSSR count). The molecule has 0 aliphatic heterocycles. The minimum atomic E-state index is -0.421. The summed E-state index contributed by atoms with van der Waals surface area (Å²) in [5.41, 5.74) is 0.950. The lowest BCUT2D eigenvalue weighted by molar-refractivity contribution is 0.171. The minimum absolute atomic E-state index is 0.421. The number of aliphatic hydroxyl groups excluding tert-OH is 1. The van der Waals surface area contributed by atoms with E-state index in [-0.39, 0.29) is 0 Å². The molecule has 0 aliphatic rings. The van der Waals surface area contributed by atoms with Gasteiger partial charge in [0.2, 0.25) is 0 Å². The lowest BCUT2D eigenvalue weighted by Crippen LogP contribution is -1.97. The highest BCUT2D eigenvalue weighted by atomic mass is 32.2. The highest BCUT2D eigenvalue weighted by Crippen LogP contribution is 2.32.